The van der Waals surface area contributed by atoms with Crippen LogP contribution in [0.5, 0.6) is 11.5 Å². The van der Waals surface area contributed by atoms with Gasteiger partial charge in [0.2, 0.25) is 11.8 Å². The zero-order valence-corrected chi connectivity index (χ0v) is 25.2. The summed E-state index contributed by atoms with van der Waals surface area (Å²) in [6, 6.07) is 3.40. The molecule has 0 aliphatic carbocycles. The minimum Gasteiger partial charge on any atom is -0.488 e. The Morgan fingerprint density at radius 3 is 1.90 bits per heavy atom. The molecule has 0 spiro atoms. The molecule has 1 aromatic rings. The molecule has 0 fully saturated rings. The van der Waals surface area contributed by atoms with Crippen LogP contribution in [0.1, 0.15) is 56.1 Å². The summed E-state index contributed by atoms with van der Waals surface area (Å²) in [5.74, 6) is 2.90. The molecule has 0 radical (unpaired) electrons. The number of carbonyl (C=O) groups excluding carboxylic acids is 2. The van der Waals surface area contributed by atoms with Crippen LogP contribution in [0.4, 0.5) is 0 Å². The lowest BCUT2D eigenvalue weighted by Crippen LogP contribution is -2.42. The van der Waals surface area contributed by atoms with E-state index in [4.69, 9.17) is 38.1 Å². The van der Waals surface area contributed by atoms with Crippen LogP contribution < -0.4 is 48.8 Å². The van der Waals surface area contributed by atoms with E-state index in [9.17, 15) is 9.59 Å². The molecule has 0 saturated carbocycles. The Kier molecular flexibility index (Phi) is 16.6. The molecule has 0 unspecified atom stereocenters. The normalized spacial score (nSPS) is 12.9. The quantitative estimate of drug-likeness (QED) is 0.0469. The maximum absolute atomic E-state index is 12.3. The van der Waals surface area contributed by atoms with E-state index in [1.807, 2.05) is 12.1 Å². The van der Waals surface area contributed by atoms with E-state index in [1.165, 1.54) is 11.1 Å². The van der Waals surface area contributed by atoms with Crippen molar-refractivity contribution in [3.8, 4) is 11.5 Å². The highest BCUT2D eigenvalue weighted by molar-refractivity contribution is 8.76. The van der Waals surface area contributed by atoms with Crippen molar-refractivity contribution in [2.24, 2.45) is 38.7 Å². The number of unbranched alkanes of at least 4 members (excludes halogenated alkanes) is 3. The number of ether oxygens (including phenoxy) is 2. The van der Waals surface area contributed by atoms with Crippen molar-refractivity contribution in [3.63, 3.8) is 0 Å². The van der Waals surface area contributed by atoms with Gasteiger partial charge in [0.25, 0.3) is 0 Å². The molecule has 12 N–H and O–H groups in total. The number of guanidine groups is 2. The van der Waals surface area contributed by atoms with Gasteiger partial charge in [0.15, 0.2) is 23.4 Å². The van der Waals surface area contributed by atoms with Crippen molar-refractivity contribution in [3.05, 3.63) is 23.3 Å². The fourth-order valence-electron chi connectivity index (χ4n) is 3.85. The first-order valence-electron chi connectivity index (χ1n) is 13.8. The maximum atomic E-state index is 12.3. The Morgan fingerprint density at radius 1 is 0.805 bits per heavy atom. The summed E-state index contributed by atoms with van der Waals surface area (Å²) < 4.78 is 12.0. The van der Waals surface area contributed by atoms with Crippen LogP contribution in [0.3, 0.4) is 0 Å². The van der Waals surface area contributed by atoms with Crippen LogP contribution in [-0.2, 0) is 21.1 Å². The SMILES string of the molecule is NC(N)=NCCCCCC(=O)NCCOc1cc2c(cc1OCCNC(=O)[C@@H](N)CCCCN=C(N)N)CSSC2. The second-order valence-corrected chi connectivity index (χ2v) is 11.9. The summed E-state index contributed by atoms with van der Waals surface area (Å²) in [4.78, 5) is 32.3. The van der Waals surface area contributed by atoms with E-state index in [-0.39, 0.29) is 30.3 Å². The molecule has 1 aliphatic rings. The molecule has 0 bridgehead atoms. The molecule has 0 saturated heterocycles. The summed E-state index contributed by atoms with van der Waals surface area (Å²) >= 11 is 0. The fraction of sp³-hybridized carbons (Fsp3) is 0.615. The molecule has 230 valence electrons. The molecular formula is C26H45N9O4S2. The first kappa shape index (κ1) is 34.2. The average Bonchev–Trinajstić information content (AvgIpc) is 2.94. The smallest absolute Gasteiger partial charge is 0.237 e. The number of nitrogens with two attached hydrogens (primary N) is 5. The van der Waals surface area contributed by atoms with Crippen LogP contribution in [0, 0.1) is 0 Å². The van der Waals surface area contributed by atoms with Gasteiger partial charge >= 0.3 is 0 Å². The first-order chi connectivity index (χ1) is 19.8. The highest BCUT2D eigenvalue weighted by Gasteiger charge is 2.17. The van der Waals surface area contributed by atoms with Crippen molar-refractivity contribution < 1.29 is 19.1 Å². The highest BCUT2D eigenvalue weighted by Crippen LogP contribution is 2.41. The largest absolute Gasteiger partial charge is 0.488 e. The van der Waals surface area contributed by atoms with E-state index in [0.29, 0.717) is 57.1 Å². The third-order valence-electron chi connectivity index (χ3n) is 6.03. The van der Waals surface area contributed by atoms with Gasteiger partial charge in [-0.05, 0) is 55.4 Å². The van der Waals surface area contributed by atoms with E-state index < -0.39 is 6.04 Å². The average molecular weight is 612 g/mol. The second kappa shape index (κ2) is 19.9. The van der Waals surface area contributed by atoms with Crippen molar-refractivity contribution in [2.75, 3.05) is 39.4 Å². The molecular weight excluding hydrogens is 566 g/mol. The molecule has 0 aromatic heterocycles. The number of benzene rings is 1. The van der Waals surface area contributed by atoms with Crippen molar-refractivity contribution >= 4 is 45.3 Å². The molecule has 1 heterocycles. The predicted octanol–water partition coefficient (Wildman–Crippen LogP) is 0.676. The summed E-state index contributed by atoms with van der Waals surface area (Å²) in [7, 11) is 3.60. The van der Waals surface area contributed by atoms with Crippen LogP contribution in [0.25, 0.3) is 0 Å². The molecule has 41 heavy (non-hydrogen) atoms. The zero-order valence-electron chi connectivity index (χ0n) is 23.6. The summed E-state index contributed by atoms with van der Waals surface area (Å²) in [5.41, 5.74) is 29.6. The number of hydrogen-bond donors (Lipinski definition) is 7. The van der Waals surface area contributed by atoms with Gasteiger partial charge in [-0.1, -0.05) is 28.0 Å². The number of carbonyl (C=O) groups is 2. The Morgan fingerprint density at radius 2 is 1.34 bits per heavy atom. The summed E-state index contributed by atoms with van der Waals surface area (Å²) in [5, 5.41) is 5.71. The number of amides is 2. The number of rotatable bonds is 20. The van der Waals surface area contributed by atoms with Crippen LogP contribution in [-0.4, -0.2) is 69.2 Å². The zero-order chi connectivity index (χ0) is 29.9. The van der Waals surface area contributed by atoms with Crippen molar-refractivity contribution in [1.82, 2.24) is 10.6 Å². The van der Waals surface area contributed by atoms with Crippen molar-refractivity contribution in [2.45, 2.75) is 62.5 Å². The van der Waals surface area contributed by atoms with Gasteiger partial charge in [-0.2, -0.15) is 0 Å². The number of nitrogens with zero attached hydrogens (tertiary/aromatic N) is 2. The third-order valence-corrected chi connectivity index (χ3v) is 8.26. The van der Waals surface area contributed by atoms with Gasteiger partial charge in [0.05, 0.1) is 19.1 Å². The van der Waals surface area contributed by atoms with Gasteiger partial charge in [0.1, 0.15) is 13.2 Å². The van der Waals surface area contributed by atoms with E-state index in [2.05, 4.69) is 20.6 Å². The molecule has 2 amide bonds. The van der Waals surface area contributed by atoms with Gasteiger partial charge in [-0.15, -0.1) is 0 Å². The lowest BCUT2D eigenvalue weighted by atomic mass is 10.1. The van der Waals surface area contributed by atoms with Crippen LogP contribution in [0.15, 0.2) is 22.1 Å². The standard InChI is InChI=1S/C26H45N9O4S2/c27-20(6-3-5-9-35-26(30)31)24(37)33-11-13-39-22-15-19-17-41-40-16-18(19)14-21(22)38-12-10-32-23(36)7-2-1-4-8-34-25(28)29/h14-15,20H,1-13,16-17,27H2,(H,32,36)(H,33,37)(H4,28,29,34)(H4,30,31,35)/t20-/m0/s1. The lowest BCUT2D eigenvalue weighted by molar-refractivity contribution is -0.123. The van der Waals surface area contributed by atoms with E-state index in [1.54, 1.807) is 21.6 Å². The second-order valence-electron chi connectivity index (χ2n) is 9.46. The predicted molar refractivity (Wildman–Crippen MR) is 168 cm³/mol. The Labute approximate surface area is 250 Å². The highest BCUT2D eigenvalue weighted by atomic mass is 33.1. The topological polar surface area (TPSA) is 231 Å². The minimum absolute atomic E-state index is 0.0199. The maximum Gasteiger partial charge on any atom is 0.237 e. The number of hydrogen-bond acceptors (Lipinski definition) is 9. The molecule has 1 atom stereocenters. The Bertz CT molecular complexity index is 1020. The van der Waals surface area contributed by atoms with Gasteiger partial charge < -0.3 is 48.8 Å². The van der Waals surface area contributed by atoms with Crippen LogP contribution in [0.2, 0.25) is 0 Å². The molecule has 1 aromatic carbocycles. The summed E-state index contributed by atoms with van der Waals surface area (Å²) in [6.45, 7) is 2.35. The van der Waals surface area contributed by atoms with Gasteiger partial charge in [-0.3, -0.25) is 19.6 Å². The molecule has 2 rings (SSSR count). The van der Waals surface area contributed by atoms with E-state index in [0.717, 1.165) is 43.6 Å². The minimum atomic E-state index is -0.605. The number of fused-ring (bicyclic) bond motifs is 1. The summed E-state index contributed by atoms with van der Waals surface area (Å²) in [6.07, 6.45) is 4.97. The van der Waals surface area contributed by atoms with Crippen molar-refractivity contribution in [1.29, 1.82) is 0 Å². The van der Waals surface area contributed by atoms with E-state index >= 15 is 0 Å². The Hall–Kier alpha value is -3.04. The Balaban J connectivity index is 1.74. The lowest BCUT2D eigenvalue weighted by Gasteiger charge is -2.20. The molecule has 15 heteroatoms. The monoisotopic (exact) mass is 611 g/mol. The van der Waals surface area contributed by atoms with Crippen LogP contribution >= 0.6 is 21.6 Å². The fourth-order valence-corrected chi connectivity index (χ4v) is 6.07. The van der Waals surface area contributed by atoms with Gasteiger partial charge in [-0.25, -0.2) is 0 Å². The van der Waals surface area contributed by atoms with Gasteiger partial charge in [0, 0.05) is 31.0 Å². The first-order valence-corrected chi connectivity index (χ1v) is 16.3. The number of nitrogens with one attached hydrogen (secondary N) is 2. The molecule has 13 nitrogen and oxygen atoms in total. The number of aliphatic imine (C=N–C) groups is 2. The molecule has 1 aliphatic heterocycles. The third kappa shape index (κ3) is 15.0.